The lowest BCUT2D eigenvalue weighted by molar-refractivity contribution is -0.138. The summed E-state index contributed by atoms with van der Waals surface area (Å²) in [7, 11) is -19.0. The number of aliphatic carboxylic acids is 2. The first-order valence-corrected chi connectivity index (χ1v) is 38.3. The van der Waals surface area contributed by atoms with Gasteiger partial charge in [0.05, 0.1) is 24.5 Å². The molecule has 103 heavy (non-hydrogen) atoms. The van der Waals surface area contributed by atoms with Crippen LogP contribution in [0.3, 0.4) is 0 Å². The quantitative estimate of drug-likeness (QED) is 0.0176. The number of phenols is 10. The van der Waals surface area contributed by atoms with E-state index in [0.29, 0.717) is 51.5 Å². The molecule has 0 aromatic heterocycles. The second-order valence-corrected chi connectivity index (χ2v) is 30.8. The van der Waals surface area contributed by atoms with Gasteiger partial charge in [0.25, 0.3) is 0 Å². The fraction of sp³-hybridized carbons (Fsp3) is 0.239. The summed E-state index contributed by atoms with van der Waals surface area (Å²) in [4.78, 5) is 31.3. The fourth-order valence-corrected chi connectivity index (χ4v) is 14.1. The van der Waals surface area contributed by atoms with Gasteiger partial charge in [-0.3, -0.25) is 14.4 Å². The number of phenolic OH excluding ortho intramolecular Hbond substituents is 10. The van der Waals surface area contributed by atoms with E-state index >= 15 is 0 Å². The molecule has 8 rings (SSSR count). The number of nitrogens with one attached hydrogen (secondary N) is 5. The van der Waals surface area contributed by atoms with E-state index in [9.17, 15) is 92.2 Å². The normalized spacial score (nSPS) is 11.7. The van der Waals surface area contributed by atoms with Crippen LogP contribution >= 0.6 is 0 Å². The van der Waals surface area contributed by atoms with Crippen molar-refractivity contribution in [1.82, 2.24) is 23.6 Å². The number of hydrogen-bond acceptors (Lipinski definition) is 23. The smallest absolute Gasteiger partial charge is 0.303 e. The Kier molecular flexibility index (Phi) is 33.9. The summed E-state index contributed by atoms with van der Waals surface area (Å²) in [5.41, 5.74) is 8.19. The van der Waals surface area contributed by atoms with E-state index in [-0.39, 0.29) is 74.9 Å². The van der Waals surface area contributed by atoms with Crippen LogP contribution in [-0.4, -0.2) is 153 Å². The number of carbonyl (C=O) groups is 3. The van der Waals surface area contributed by atoms with Crippen molar-refractivity contribution in [2.75, 3.05) is 26.2 Å². The molecule has 0 saturated heterocycles. The third-order valence-corrected chi connectivity index (χ3v) is 21.3. The molecule has 0 radical (unpaired) electrons. The molecule has 0 aliphatic carbocycles. The Hall–Kier alpha value is -10.3. The molecule has 31 nitrogen and oxygen atoms in total. The molecule has 19 N–H and O–H groups in total. The van der Waals surface area contributed by atoms with Crippen LogP contribution < -0.4 is 29.3 Å². The second-order valence-electron chi connectivity index (χ2n) is 22.0. The molecule has 1 atom stereocenters. The third-order valence-electron chi connectivity index (χ3n) is 14.0. The van der Waals surface area contributed by atoms with E-state index in [0.717, 1.165) is 95.9 Å². The highest BCUT2D eigenvalue weighted by molar-refractivity contribution is 7.90. The minimum absolute atomic E-state index is 0.0122. The maximum atomic E-state index is 12.3. The van der Waals surface area contributed by atoms with E-state index in [4.69, 9.17) is 31.3 Å². The van der Waals surface area contributed by atoms with Crippen LogP contribution in [0.25, 0.3) is 0 Å². The van der Waals surface area contributed by atoms with E-state index in [1.807, 2.05) is 60.7 Å². The molecular weight excluding hydrogens is 1450 g/mol. The van der Waals surface area contributed by atoms with Crippen LogP contribution in [0, 0.1) is 0 Å². The van der Waals surface area contributed by atoms with Crippen molar-refractivity contribution in [3.05, 3.63) is 199 Å². The van der Waals surface area contributed by atoms with Crippen LogP contribution in [0.4, 0.5) is 0 Å². The predicted molar refractivity (Wildman–Crippen MR) is 376 cm³/mol. The van der Waals surface area contributed by atoms with Crippen LogP contribution in [-0.2, 0) is 83.8 Å². The van der Waals surface area contributed by atoms with Gasteiger partial charge in [0.2, 0.25) is 56.0 Å². The maximum absolute atomic E-state index is 12.3. The van der Waals surface area contributed by atoms with E-state index in [1.165, 1.54) is 18.2 Å². The average Bonchev–Trinajstić information content (AvgIpc) is 0.431. The van der Waals surface area contributed by atoms with Gasteiger partial charge in [0.1, 0.15) is 6.04 Å². The number of carboxylic acid groups (broad SMARTS) is 2. The van der Waals surface area contributed by atoms with Crippen LogP contribution in [0.5, 0.6) is 57.5 Å². The summed E-state index contributed by atoms with van der Waals surface area (Å²) in [5.74, 6) is -7.08. The van der Waals surface area contributed by atoms with E-state index in [2.05, 4.69) is 23.6 Å². The summed E-state index contributed by atoms with van der Waals surface area (Å²) in [5, 5.41) is 109. The van der Waals surface area contributed by atoms with Crippen molar-refractivity contribution < 1.29 is 118 Å². The number of aryl methyl sites for hydroxylation is 1. The molecule has 1 amide bonds. The van der Waals surface area contributed by atoms with Crippen molar-refractivity contribution in [1.29, 1.82) is 0 Å². The highest BCUT2D eigenvalue weighted by Gasteiger charge is 2.26. The minimum atomic E-state index is -4.09. The largest absolute Gasteiger partial charge is 0.504 e. The Morgan fingerprint density at radius 1 is 0.311 bits per heavy atom. The molecule has 0 aliphatic rings. The Morgan fingerprint density at radius 2 is 0.583 bits per heavy atom. The number of sulfonamides is 5. The monoisotopic (exact) mass is 1530 g/mol. The summed E-state index contributed by atoms with van der Waals surface area (Å²) in [6.45, 7) is 0.855. The summed E-state index contributed by atoms with van der Waals surface area (Å²) < 4.78 is 132. The van der Waals surface area contributed by atoms with Crippen LogP contribution in [0.15, 0.2) is 206 Å². The molecular formula is C67H80N6O25S5. The molecule has 0 saturated carbocycles. The Bertz CT molecular complexity index is 4680. The highest BCUT2D eigenvalue weighted by Crippen LogP contribution is 2.31. The van der Waals surface area contributed by atoms with Gasteiger partial charge in [-0.05, 0) is 129 Å². The second kappa shape index (κ2) is 41.0. The average molecular weight is 1530 g/mol. The van der Waals surface area contributed by atoms with Gasteiger partial charge >= 0.3 is 11.9 Å². The first-order chi connectivity index (χ1) is 48.4. The van der Waals surface area contributed by atoms with Gasteiger partial charge in [0.15, 0.2) is 57.5 Å². The zero-order chi connectivity index (χ0) is 76.6. The molecule has 0 fully saturated rings. The maximum Gasteiger partial charge on any atom is 0.303 e. The van der Waals surface area contributed by atoms with E-state index in [1.54, 1.807) is 30.3 Å². The number of rotatable bonds is 32. The van der Waals surface area contributed by atoms with Crippen molar-refractivity contribution in [3.63, 3.8) is 0 Å². The number of carbonyl (C=O) groups excluding carboxylic acids is 1. The Labute approximate surface area is 595 Å². The predicted octanol–water partition coefficient (Wildman–Crippen LogP) is 5.75. The molecule has 8 aromatic carbocycles. The summed E-state index contributed by atoms with van der Waals surface area (Å²) in [6.07, 6.45) is 4.58. The number of aromatic hydroxyl groups is 10. The van der Waals surface area contributed by atoms with E-state index < -0.39 is 120 Å². The Balaban J connectivity index is 0.000000273. The first-order valence-electron chi connectivity index (χ1n) is 30.9. The summed E-state index contributed by atoms with van der Waals surface area (Å²) in [6, 6.07) is 43.3. The number of hydrogen-bond donors (Lipinski definition) is 18. The molecule has 0 heterocycles. The number of carboxylic acids is 2. The lowest BCUT2D eigenvalue weighted by atomic mass is 10.1. The zero-order valence-corrected chi connectivity index (χ0v) is 58.9. The van der Waals surface area contributed by atoms with Crippen molar-refractivity contribution in [3.8, 4) is 57.5 Å². The number of nitrogens with two attached hydrogens (primary N) is 1. The van der Waals surface area contributed by atoms with Gasteiger partial charge in [-0.2, -0.15) is 4.72 Å². The number of unbranched alkanes of at least 4 members (excludes halogenated alkanes) is 3. The van der Waals surface area contributed by atoms with Crippen molar-refractivity contribution in [2.45, 2.75) is 101 Å². The minimum Gasteiger partial charge on any atom is -0.504 e. The molecule has 0 bridgehead atoms. The highest BCUT2D eigenvalue weighted by atomic mass is 32.2. The zero-order valence-electron chi connectivity index (χ0n) is 54.8. The number of benzene rings is 8. The molecule has 36 heteroatoms. The van der Waals surface area contributed by atoms with Gasteiger partial charge in [-0.25, -0.2) is 61.0 Å². The fourth-order valence-electron chi connectivity index (χ4n) is 8.50. The lowest BCUT2D eigenvalue weighted by Crippen LogP contribution is -2.45. The Morgan fingerprint density at radius 3 is 0.893 bits per heavy atom. The molecule has 8 aromatic rings. The van der Waals surface area contributed by atoms with Gasteiger partial charge in [-0.1, -0.05) is 97.4 Å². The van der Waals surface area contributed by atoms with Gasteiger partial charge in [-0.15, -0.1) is 0 Å². The first kappa shape index (κ1) is 85.1. The molecule has 558 valence electrons. The van der Waals surface area contributed by atoms with Gasteiger partial charge < -0.3 is 67.0 Å². The summed E-state index contributed by atoms with van der Waals surface area (Å²) >= 11 is 0. The van der Waals surface area contributed by atoms with Crippen molar-refractivity contribution in [2.24, 2.45) is 5.73 Å². The van der Waals surface area contributed by atoms with Crippen LogP contribution in [0.1, 0.15) is 68.1 Å². The SMILES string of the molecule is NC(=O)[C@H](Cc1ccccc1)NS(=O)(=O)c1ccc(O)c(O)c1.O=C(O)CCCCCNS(=O)(=O)c1ccc(O)c(O)c1.O=C(O)CCCCNS(=O)(=O)c1ccc(O)c(O)c1.O=S(=O)(NCCCc1ccccc1)c1ccc(O)c(O)c1.O=S(=O)(NCCc1ccccc1)c1ccc(O)c(O)c1. The van der Waals surface area contributed by atoms with Crippen LogP contribution in [0.2, 0.25) is 0 Å². The lowest BCUT2D eigenvalue weighted by Gasteiger charge is -2.16. The number of amides is 1. The number of primary amides is 1. The van der Waals surface area contributed by atoms with Crippen molar-refractivity contribution >= 4 is 68.0 Å². The molecule has 0 unspecified atom stereocenters. The van der Waals surface area contributed by atoms with Gasteiger partial charge in [0, 0.05) is 69.4 Å². The molecule has 0 spiro atoms. The molecule has 0 aliphatic heterocycles. The topological polar surface area (TPSA) is 551 Å². The standard InChI is InChI=1S/C15H16N2O5S.C15H17NO4S.C14H15NO4S.C12H17NO6S.C11H15NO6S/c16-15(20)12(8-10-4-2-1-3-5-10)17-23(21,22)11-6-7-13(18)14(19)9-11;17-14-9-8-13(11-15(14)18)21(19,20)16-10-4-7-12-5-2-1-3-6-12;16-13-7-6-12(10-14(13)17)20(18,19)15-9-8-11-4-2-1-3-5-11;14-10-6-5-9(8-11(10)15)20(18,19)13-7-3-1-2-4-12(16)17;13-9-5-4-8(7-10(9)14)19(17,18)12-6-2-1-3-11(15)16/h1-7,9,12,17-19H,8H2,(H2,16,20);1-3,5-6,8-9,11,16-18H,4,7,10H2;1-7,10,15-17H,8-9H2;5-6,8,13-15H,1-4,7H2,(H,16,17);4-5,7,12-14H,1-3,6H2,(H,15,16)/t12-;;;;/m0..../s1. The third kappa shape index (κ3) is 30.4.